The van der Waals surface area contributed by atoms with Gasteiger partial charge in [0.1, 0.15) is 0 Å². The number of fused-ring (bicyclic) bond motifs is 1. The Morgan fingerprint density at radius 2 is 2.05 bits per heavy atom. The molecule has 0 saturated carbocycles. The van der Waals surface area contributed by atoms with Crippen LogP contribution in [0.25, 0.3) is 0 Å². The van der Waals surface area contributed by atoms with Crippen molar-refractivity contribution in [3.8, 4) is 6.07 Å². The van der Waals surface area contributed by atoms with Crippen LogP contribution in [0, 0.1) is 11.3 Å². The van der Waals surface area contributed by atoms with Crippen LogP contribution in [0.4, 0.5) is 5.69 Å². The molecule has 0 aromatic heterocycles. The monoisotopic (exact) mass is 291 g/mol. The molecule has 1 aliphatic rings. The Balaban J connectivity index is 2.06. The summed E-state index contributed by atoms with van der Waals surface area (Å²) in [6, 6.07) is 19.4. The molecule has 2 aromatic carbocycles. The van der Waals surface area contributed by atoms with Crippen LogP contribution in [-0.2, 0) is 0 Å². The molecule has 0 saturated heterocycles. The lowest BCUT2D eigenvalue weighted by molar-refractivity contribution is 0.656. The SMILES string of the molecule is CNCCC(c1ccccc1)c1cccc2c1C(C#N)CN2. The van der Waals surface area contributed by atoms with Crippen molar-refractivity contribution in [1.82, 2.24) is 5.32 Å². The Kier molecular flexibility index (Phi) is 4.41. The second-order valence-corrected chi connectivity index (χ2v) is 5.73. The maximum Gasteiger partial charge on any atom is 0.0907 e. The fourth-order valence-electron chi connectivity index (χ4n) is 3.33. The number of anilines is 1. The summed E-state index contributed by atoms with van der Waals surface area (Å²) in [5.74, 6) is 0.270. The van der Waals surface area contributed by atoms with Gasteiger partial charge in [-0.3, -0.25) is 0 Å². The summed E-state index contributed by atoms with van der Waals surface area (Å²) in [6.07, 6.45) is 1.02. The second kappa shape index (κ2) is 6.64. The number of nitrogens with one attached hydrogen (secondary N) is 2. The highest BCUT2D eigenvalue weighted by Gasteiger charge is 2.28. The maximum atomic E-state index is 9.46. The Hall–Kier alpha value is -2.31. The van der Waals surface area contributed by atoms with Crippen LogP contribution >= 0.6 is 0 Å². The van der Waals surface area contributed by atoms with E-state index in [2.05, 4.69) is 59.2 Å². The Morgan fingerprint density at radius 1 is 1.23 bits per heavy atom. The zero-order valence-corrected chi connectivity index (χ0v) is 12.8. The molecule has 0 spiro atoms. The standard InChI is InChI=1S/C19H21N3/c1-21-11-10-16(14-6-3-2-4-7-14)17-8-5-9-18-19(17)15(12-20)13-22-18/h2-9,15-16,21-22H,10-11,13H2,1H3. The van der Waals surface area contributed by atoms with Crippen LogP contribution in [0.1, 0.15) is 34.9 Å². The number of benzene rings is 2. The first-order valence-corrected chi connectivity index (χ1v) is 7.81. The molecule has 0 bridgehead atoms. The van der Waals surface area contributed by atoms with Crippen molar-refractivity contribution < 1.29 is 0 Å². The van der Waals surface area contributed by atoms with Crippen molar-refractivity contribution in [3.63, 3.8) is 0 Å². The smallest absolute Gasteiger partial charge is 0.0907 e. The molecule has 112 valence electrons. The largest absolute Gasteiger partial charge is 0.383 e. The minimum absolute atomic E-state index is 0.0491. The molecular weight excluding hydrogens is 270 g/mol. The second-order valence-electron chi connectivity index (χ2n) is 5.73. The fourth-order valence-corrected chi connectivity index (χ4v) is 3.33. The molecule has 0 aliphatic carbocycles. The van der Waals surface area contributed by atoms with Gasteiger partial charge < -0.3 is 10.6 Å². The summed E-state index contributed by atoms with van der Waals surface area (Å²) in [5, 5.41) is 16.1. The maximum absolute atomic E-state index is 9.46. The van der Waals surface area contributed by atoms with E-state index in [0.29, 0.717) is 5.92 Å². The van der Waals surface area contributed by atoms with E-state index in [4.69, 9.17) is 0 Å². The van der Waals surface area contributed by atoms with Gasteiger partial charge in [0.2, 0.25) is 0 Å². The lowest BCUT2D eigenvalue weighted by atomic mass is 9.83. The van der Waals surface area contributed by atoms with Gasteiger partial charge in [0.15, 0.2) is 0 Å². The van der Waals surface area contributed by atoms with Gasteiger partial charge in [-0.15, -0.1) is 0 Å². The fraction of sp³-hybridized carbons (Fsp3) is 0.316. The number of rotatable bonds is 5. The van der Waals surface area contributed by atoms with E-state index in [-0.39, 0.29) is 5.92 Å². The van der Waals surface area contributed by atoms with Gasteiger partial charge in [-0.25, -0.2) is 0 Å². The average Bonchev–Trinajstić information content (AvgIpc) is 3.00. The summed E-state index contributed by atoms with van der Waals surface area (Å²) in [6.45, 7) is 1.67. The predicted octanol–water partition coefficient (Wildman–Crippen LogP) is 3.46. The van der Waals surface area contributed by atoms with E-state index < -0.39 is 0 Å². The highest BCUT2D eigenvalue weighted by molar-refractivity contribution is 5.64. The molecule has 22 heavy (non-hydrogen) atoms. The van der Waals surface area contributed by atoms with Crippen molar-refractivity contribution in [1.29, 1.82) is 5.26 Å². The molecule has 0 fully saturated rings. The number of hydrogen-bond donors (Lipinski definition) is 2. The van der Waals surface area contributed by atoms with Gasteiger partial charge in [0.25, 0.3) is 0 Å². The third-order valence-corrected chi connectivity index (χ3v) is 4.40. The minimum atomic E-state index is -0.0491. The number of nitriles is 1. The summed E-state index contributed by atoms with van der Waals surface area (Å²) < 4.78 is 0. The van der Waals surface area contributed by atoms with Crippen molar-refractivity contribution in [2.45, 2.75) is 18.3 Å². The average molecular weight is 291 g/mol. The molecule has 3 heteroatoms. The van der Waals surface area contributed by atoms with Gasteiger partial charge in [-0.1, -0.05) is 42.5 Å². The topological polar surface area (TPSA) is 47.9 Å². The lowest BCUT2D eigenvalue weighted by Gasteiger charge is -2.21. The van der Waals surface area contributed by atoms with Crippen molar-refractivity contribution in [2.75, 3.05) is 25.5 Å². The molecule has 0 radical (unpaired) electrons. The molecular formula is C19H21N3. The van der Waals surface area contributed by atoms with Crippen molar-refractivity contribution in [3.05, 3.63) is 65.2 Å². The first-order chi connectivity index (χ1) is 10.8. The van der Waals surface area contributed by atoms with E-state index in [9.17, 15) is 5.26 Å². The molecule has 3 rings (SSSR count). The quantitative estimate of drug-likeness (QED) is 0.887. The minimum Gasteiger partial charge on any atom is -0.383 e. The Labute approximate surface area is 132 Å². The van der Waals surface area contributed by atoms with Crippen LogP contribution in [0.3, 0.4) is 0 Å². The molecule has 1 heterocycles. The van der Waals surface area contributed by atoms with Gasteiger partial charge >= 0.3 is 0 Å². The number of nitrogens with zero attached hydrogens (tertiary/aromatic N) is 1. The molecule has 0 amide bonds. The normalized spacial score (nSPS) is 17.4. The van der Waals surface area contributed by atoms with Crippen LogP contribution in [0.5, 0.6) is 0 Å². The van der Waals surface area contributed by atoms with Gasteiger partial charge in [-0.05, 0) is 42.8 Å². The summed E-state index contributed by atoms with van der Waals surface area (Å²) in [7, 11) is 1.98. The van der Waals surface area contributed by atoms with Crippen molar-refractivity contribution in [2.24, 2.45) is 0 Å². The molecule has 2 N–H and O–H groups in total. The van der Waals surface area contributed by atoms with Gasteiger partial charge in [0, 0.05) is 18.2 Å². The number of hydrogen-bond acceptors (Lipinski definition) is 3. The third-order valence-electron chi connectivity index (χ3n) is 4.40. The highest BCUT2D eigenvalue weighted by Crippen LogP contribution is 2.40. The van der Waals surface area contributed by atoms with Gasteiger partial charge in [0.05, 0.1) is 12.0 Å². The van der Waals surface area contributed by atoms with Crippen LogP contribution in [-0.4, -0.2) is 20.1 Å². The first kappa shape index (κ1) is 14.6. The summed E-state index contributed by atoms with van der Waals surface area (Å²) >= 11 is 0. The molecule has 2 aromatic rings. The van der Waals surface area contributed by atoms with E-state index in [0.717, 1.165) is 25.2 Å². The zero-order chi connectivity index (χ0) is 15.4. The van der Waals surface area contributed by atoms with E-state index in [1.54, 1.807) is 0 Å². The highest BCUT2D eigenvalue weighted by atomic mass is 14.9. The van der Waals surface area contributed by atoms with Crippen LogP contribution in [0.2, 0.25) is 0 Å². The Morgan fingerprint density at radius 3 is 2.77 bits per heavy atom. The molecule has 2 atom stereocenters. The first-order valence-electron chi connectivity index (χ1n) is 7.81. The van der Waals surface area contributed by atoms with E-state index in [1.165, 1.54) is 16.7 Å². The van der Waals surface area contributed by atoms with E-state index >= 15 is 0 Å². The summed E-state index contributed by atoms with van der Waals surface area (Å²) in [5.41, 5.74) is 4.91. The zero-order valence-electron chi connectivity index (χ0n) is 12.8. The van der Waals surface area contributed by atoms with Crippen molar-refractivity contribution >= 4 is 5.69 Å². The molecule has 2 unspecified atom stereocenters. The molecule has 3 nitrogen and oxygen atoms in total. The molecule has 1 aliphatic heterocycles. The van der Waals surface area contributed by atoms with Crippen LogP contribution < -0.4 is 10.6 Å². The van der Waals surface area contributed by atoms with Crippen LogP contribution in [0.15, 0.2) is 48.5 Å². The summed E-state index contributed by atoms with van der Waals surface area (Å²) in [4.78, 5) is 0. The Bertz CT molecular complexity index is 673. The predicted molar refractivity (Wildman–Crippen MR) is 90.1 cm³/mol. The van der Waals surface area contributed by atoms with Gasteiger partial charge in [-0.2, -0.15) is 5.26 Å². The van der Waals surface area contributed by atoms with E-state index in [1.807, 2.05) is 13.1 Å². The third kappa shape index (κ3) is 2.70. The lowest BCUT2D eigenvalue weighted by Crippen LogP contribution is -2.14.